The van der Waals surface area contributed by atoms with Crippen molar-refractivity contribution in [2.45, 2.75) is 96.8 Å². The standard InChI is InChI=1S/C28H38ClFN2O3/c1-3-5-7-8-21-17-31-27(32-18-21)22-12-15-26(24(29)16-22)34-19-20-10-13-23(14-11-20)35-28(33)25(30)9-6-4-2/h12,15-18,20,23,25H,3-11,13-14,19H2,1-2H3/t20-,23-,25-/m0/s1. The zero-order valence-corrected chi connectivity index (χ0v) is 21.7. The lowest BCUT2D eigenvalue weighted by molar-refractivity contribution is -0.157. The molecule has 0 saturated heterocycles. The summed E-state index contributed by atoms with van der Waals surface area (Å²) in [6, 6.07) is 5.63. The maximum atomic E-state index is 13.9. The second-order valence-electron chi connectivity index (χ2n) is 9.52. The van der Waals surface area contributed by atoms with Gasteiger partial charge in [0.2, 0.25) is 0 Å². The van der Waals surface area contributed by atoms with E-state index in [1.165, 1.54) is 12.8 Å². The van der Waals surface area contributed by atoms with E-state index < -0.39 is 12.1 Å². The van der Waals surface area contributed by atoms with Crippen LogP contribution in [-0.2, 0) is 16.0 Å². The second-order valence-corrected chi connectivity index (χ2v) is 9.92. The molecule has 35 heavy (non-hydrogen) atoms. The van der Waals surface area contributed by atoms with Gasteiger partial charge in [-0.2, -0.15) is 0 Å². The number of unbranched alkanes of at least 4 members (excludes halogenated alkanes) is 3. The van der Waals surface area contributed by atoms with Gasteiger partial charge in [-0.25, -0.2) is 19.2 Å². The third-order valence-electron chi connectivity index (χ3n) is 6.58. The summed E-state index contributed by atoms with van der Waals surface area (Å²) in [5.41, 5.74) is 2.01. The molecule has 192 valence electrons. The molecule has 0 aliphatic heterocycles. The van der Waals surface area contributed by atoms with Crippen molar-refractivity contribution in [2.75, 3.05) is 6.61 Å². The first-order valence-corrected chi connectivity index (χ1v) is 13.5. The number of nitrogens with zero attached hydrogens (tertiary/aromatic N) is 2. The van der Waals surface area contributed by atoms with Crippen LogP contribution in [0.4, 0.5) is 4.39 Å². The molecule has 5 nitrogen and oxygen atoms in total. The molecule has 0 N–H and O–H groups in total. The van der Waals surface area contributed by atoms with Gasteiger partial charge >= 0.3 is 5.97 Å². The number of hydrogen-bond donors (Lipinski definition) is 0. The fraction of sp³-hybridized carbons (Fsp3) is 0.607. The molecule has 1 heterocycles. The van der Waals surface area contributed by atoms with Crippen LogP contribution < -0.4 is 4.74 Å². The number of carbonyl (C=O) groups is 1. The van der Waals surface area contributed by atoms with Gasteiger partial charge in [-0.15, -0.1) is 0 Å². The van der Waals surface area contributed by atoms with Crippen molar-refractivity contribution in [3.63, 3.8) is 0 Å². The van der Waals surface area contributed by atoms with Crippen LogP contribution in [0.2, 0.25) is 5.02 Å². The van der Waals surface area contributed by atoms with Gasteiger partial charge in [0, 0.05) is 18.0 Å². The van der Waals surface area contributed by atoms with Crippen molar-refractivity contribution in [3.8, 4) is 17.1 Å². The van der Waals surface area contributed by atoms with Crippen LogP contribution in [0.3, 0.4) is 0 Å². The zero-order chi connectivity index (χ0) is 25.0. The molecule has 0 radical (unpaired) electrons. The third kappa shape index (κ3) is 8.75. The van der Waals surface area contributed by atoms with Crippen molar-refractivity contribution < 1.29 is 18.7 Å². The number of benzene rings is 1. The highest BCUT2D eigenvalue weighted by molar-refractivity contribution is 6.32. The van der Waals surface area contributed by atoms with Crippen molar-refractivity contribution in [3.05, 3.63) is 41.2 Å². The van der Waals surface area contributed by atoms with E-state index in [1.54, 1.807) is 0 Å². The Kier molecular flexibility index (Phi) is 11.2. The van der Waals surface area contributed by atoms with Crippen LogP contribution in [0.1, 0.15) is 83.6 Å². The van der Waals surface area contributed by atoms with E-state index >= 15 is 0 Å². The Bertz CT molecular complexity index is 917. The van der Waals surface area contributed by atoms with Gasteiger partial charge in [0.05, 0.1) is 11.6 Å². The highest BCUT2D eigenvalue weighted by atomic mass is 35.5. The summed E-state index contributed by atoms with van der Waals surface area (Å²) in [6.45, 7) is 4.72. The minimum atomic E-state index is -1.50. The van der Waals surface area contributed by atoms with E-state index in [0.29, 0.717) is 35.5 Å². The molecule has 0 bridgehead atoms. The summed E-state index contributed by atoms with van der Waals surface area (Å²) in [5, 5.41) is 0.529. The lowest BCUT2D eigenvalue weighted by atomic mass is 9.88. The maximum absolute atomic E-state index is 13.9. The molecule has 1 aromatic carbocycles. The SMILES string of the molecule is CCCCCc1cnc(-c2ccc(OC[C@H]3CC[C@H](OC(=O)[C@@H](F)CCCC)CC3)c(Cl)c2)nc1. The molecular weight excluding hydrogens is 467 g/mol. The molecular formula is C28H38ClFN2O3. The molecule has 0 spiro atoms. The van der Waals surface area contributed by atoms with Gasteiger partial charge in [0.1, 0.15) is 11.9 Å². The molecule has 1 atom stereocenters. The average molecular weight is 505 g/mol. The first-order chi connectivity index (χ1) is 17.0. The van der Waals surface area contributed by atoms with Crippen LogP contribution in [0.5, 0.6) is 5.75 Å². The molecule has 1 aliphatic carbocycles. The molecule has 1 aromatic heterocycles. The molecule has 0 amide bonds. The number of ether oxygens (including phenoxy) is 2. The monoisotopic (exact) mass is 504 g/mol. The van der Waals surface area contributed by atoms with Crippen molar-refractivity contribution >= 4 is 17.6 Å². The summed E-state index contributed by atoms with van der Waals surface area (Å²) in [7, 11) is 0. The van der Waals surface area contributed by atoms with Crippen LogP contribution in [0.25, 0.3) is 11.4 Å². The average Bonchev–Trinajstić information content (AvgIpc) is 2.88. The molecule has 0 unspecified atom stereocenters. The Hall–Kier alpha value is -2.21. The fourth-order valence-corrected chi connectivity index (χ4v) is 4.57. The predicted molar refractivity (Wildman–Crippen MR) is 137 cm³/mol. The minimum absolute atomic E-state index is 0.195. The van der Waals surface area contributed by atoms with Gasteiger partial charge < -0.3 is 9.47 Å². The van der Waals surface area contributed by atoms with Crippen LogP contribution in [0, 0.1) is 5.92 Å². The fourth-order valence-electron chi connectivity index (χ4n) is 4.33. The Morgan fingerprint density at radius 3 is 2.46 bits per heavy atom. The van der Waals surface area contributed by atoms with Gasteiger partial charge in [0.25, 0.3) is 0 Å². The number of hydrogen-bond acceptors (Lipinski definition) is 5. The highest BCUT2D eigenvalue weighted by Crippen LogP contribution is 2.32. The number of aromatic nitrogens is 2. The van der Waals surface area contributed by atoms with E-state index in [-0.39, 0.29) is 12.5 Å². The van der Waals surface area contributed by atoms with E-state index in [1.807, 2.05) is 37.5 Å². The van der Waals surface area contributed by atoms with Gasteiger partial charge in [-0.1, -0.05) is 51.1 Å². The lowest BCUT2D eigenvalue weighted by Gasteiger charge is -2.28. The second kappa shape index (κ2) is 14.4. The van der Waals surface area contributed by atoms with Crippen LogP contribution in [-0.4, -0.2) is 34.8 Å². The Labute approximate surface area is 213 Å². The largest absolute Gasteiger partial charge is 0.492 e. The summed E-state index contributed by atoms with van der Waals surface area (Å²) in [4.78, 5) is 20.9. The quantitative estimate of drug-likeness (QED) is 0.208. The van der Waals surface area contributed by atoms with Crippen molar-refractivity contribution in [2.24, 2.45) is 5.92 Å². The van der Waals surface area contributed by atoms with Gasteiger partial charge in [0.15, 0.2) is 12.0 Å². The first-order valence-electron chi connectivity index (χ1n) is 13.1. The molecule has 1 saturated carbocycles. The van der Waals surface area contributed by atoms with Crippen molar-refractivity contribution in [1.29, 1.82) is 0 Å². The van der Waals surface area contributed by atoms with E-state index in [4.69, 9.17) is 21.1 Å². The Morgan fingerprint density at radius 2 is 1.80 bits per heavy atom. The van der Waals surface area contributed by atoms with Crippen molar-refractivity contribution in [1.82, 2.24) is 9.97 Å². The third-order valence-corrected chi connectivity index (χ3v) is 6.88. The minimum Gasteiger partial charge on any atom is -0.492 e. The smallest absolute Gasteiger partial charge is 0.340 e. The number of alkyl halides is 1. The molecule has 7 heteroatoms. The van der Waals surface area contributed by atoms with E-state index in [0.717, 1.165) is 56.1 Å². The zero-order valence-electron chi connectivity index (χ0n) is 21.0. The number of halogens is 2. The highest BCUT2D eigenvalue weighted by Gasteiger charge is 2.27. The molecule has 3 rings (SSSR count). The van der Waals surface area contributed by atoms with E-state index in [9.17, 15) is 9.18 Å². The van der Waals surface area contributed by atoms with Crippen LogP contribution in [0.15, 0.2) is 30.6 Å². The lowest BCUT2D eigenvalue weighted by Crippen LogP contribution is -2.30. The normalized spacial score (nSPS) is 18.7. The summed E-state index contributed by atoms with van der Waals surface area (Å²) >= 11 is 6.49. The number of aryl methyl sites for hydroxylation is 1. The first kappa shape index (κ1) is 27.4. The Balaban J connectivity index is 1.43. The van der Waals surface area contributed by atoms with Gasteiger partial charge in [-0.3, -0.25) is 0 Å². The molecule has 2 aromatic rings. The molecule has 1 aliphatic rings. The van der Waals surface area contributed by atoms with Crippen LogP contribution >= 0.6 is 11.6 Å². The summed E-state index contributed by atoms with van der Waals surface area (Å²) < 4.78 is 25.2. The topological polar surface area (TPSA) is 61.3 Å². The predicted octanol–water partition coefficient (Wildman–Crippen LogP) is 7.54. The molecule has 1 fully saturated rings. The number of carbonyl (C=O) groups excluding carboxylic acids is 1. The Morgan fingerprint density at radius 1 is 1.09 bits per heavy atom. The number of esters is 1. The summed E-state index contributed by atoms with van der Waals surface area (Å²) in [5.74, 6) is 0.929. The van der Waals surface area contributed by atoms with E-state index in [2.05, 4.69) is 16.9 Å². The number of rotatable bonds is 13. The summed E-state index contributed by atoms with van der Waals surface area (Å²) in [6.07, 6.45) is 11.7. The van der Waals surface area contributed by atoms with Gasteiger partial charge in [-0.05, 0) is 74.6 Å². The maximum Gasteiger partial charge on any atom is 0.340 e.